The van der Waals surface area contributed by atoms with E-state index in [1.54, 1.807) is 0 Å². The molecular formula is C6H10N2O2. The lowest BCUT2D eigenvalue weighted by molar-refractivity contribution is 0.0921. The van der Waals surface area contributed by atoms with Gasteiger partial charge in [0.25, 0.3) is 5.89 Å². The van der Waals surface area contributed by atoms with Gasteiger partial charge < -0.3 is 9.73 Å². The molecule has 0 fully saturated rings. The predicted octanol–water partition coefficient (Wildman–Crippen LogP) is 0.670. The Bertz CT molecular complexity index is 210. The number of rotatable bonds is 2. The zero-order chi connectivity index (χ0) is 7.40. The summed E-state index contributed by atoms with van der Waals surface area (Å²) < 4.78 is 4.72. The molecule has 0 aliphatic rings. The monoisotopic (exact) mass is 142 g/mol. The molecule has 1 aromatic heterocycles. The van der Waals surface area contributed by atoms with E-state index >= 15 is 0 Å². The minimum absolute atomic E-state index is 0. The molecule has 0 aliphatic carbocycles. The summed E-state index contributed by atoms with van der Waals surface area (Å²) in [7, 11) is 0. The number of nitrogens with zero attached hydrogens (tertiary/aromatic N) is 1. The summed E-state index contributed by atoms with van der Waals surface area (Å²) in [5.41, 5.74) is 0. The summed E-state index contributed by atoms with van der Waals surface area (Å²) in [6, 6.07) is 0. The molecular weight excluding hydrogens is 132 g/mol. The molecule has 1 aromatic rings. The Labute approximate surface area is 59.7 Å². The van der Waals surface area contributed by atoms with Crippen molar-refractivity contribution in [1.29, 1.82) is 0 Å². The van der Waals surface area contributed by atoms with Gasteiger partial charge in [0.2, 0.25) is 0 Å². The highest BCUT2D eigenvalue weighted by Crippen LogP contribution is 1.92. The van der Waals surface area contributed by atoms with Crippen molar-refractivity contribution in [2.45, 2.75) is 6.92 Å². The van der Waals surface area contributed by atoms with Gasteiger partial charge in [0.1, 0.15) is 6.26 Å². The molecule has 0 aromatic carbocycles. The Kier molecular flexibility index (Phi) is 2.04. The summed E-state index contributed by atoms with van der Waals surface area (Å²) in [5, 5.41) is 2.55. The summed E-state index contributed by atoms with van der Waals surface area (Å²) in [4.78, 5) is 14.5. The maximum absolute atomic E-state index is 10.8. The topological polar surface area (TPSA) is 55.1 Å². The molecule has 0 unspecified atom stereocenters. The highest BCUT2D eigenvalue weighted by molar-refractivity contribution is 5.89. The average Bonchev–Trinajstić information content (AvgIpc) is 2.38. The highest BCUT2D eigenvalue weighted by Gasteiger charge is 2.06. The first-order chi connectivity index (χ1) is 4.84. The molecule has 1 rings (SSSR count). The van der Waals surface area contributed by atoms with Gasteiger partial charge in [-0.3, -0.25) is 4.79 Å². The van der Waals surface area contributed by atoms with Crippen LogP contribution in [0.1, 0.15) is 19.0 Å². The summed E-state index contributed by atoms with van der Waals surface area (Å²) in [6.07, 6.45) is 2.80. The van der Waals surface area contributed by atoms with E-state index < -0.39 is 0 Å². The second-order valence-corrected chi connectivity index (χ2v) is 1.70. The van der Waals surface area contributed by atoms with Crippen LogP contribution in [0.25, 0.3) is 0 Å². The fraction of sp³-hybridized carbons (Fsp3) is 0.333. The van der Waals surface area contributed by atoms with Gasteiger partial charge in [-0.2, -0.15) is 0 Å². The minimum Gasteiger partial charge on any atom is -0.441 e. The van der Waals surface area contributed by atoms with Gasteiger partial charge >= 0.3 is 5.91 Å². The largest absolute Gasteiger partial charge is 0.441 e. The first-order valence-electron chi connectivity index (χ1n) is 3.02. The van der Waals surface area contributed by atoms with Gasteiger partial charge in [0, 0.05) is 7.97 Å². The van der Waals surface area contributed by atoms with Crippen molar-refractivity contribution in [1.82, 2.24) is 10.3 Å². The molecule has 4 nitrogen and oxygen atoms in total. The maximum atomic E-state index is 10.8. The molecule has 0 spiro atoms. The van der Waals surface area contributed by atoms with Crippen molar-refractivity contribution in [2.75, 3.05) is 6.54 Å². The Balaban J connectivity index is 0.000001000. The summed E-state index contributed by atoms with van der Waals surface area (Å²) in [5.74, 6) is -0.158. The van der Waals surface area contributed by atoms with Gasteiger partial charge in [-0.1, -0.05) is 0 Å². The summed E-state index contributed by atoms with van der Waals surface area (Å²) in [6.45, 7) is 2.42. The minimum atomic E-state index is -0.271. The van der Waals surface area contributed by atoms with Crippen LogP contribution < -0.4 is 5.32 Å². The van der Waals surface area contributed by atoms with E-state index in [1.165, 1.54) is 12.5 Å². The lowest BCUT2D eigenvalue weighted by Crippen LogP contribution is -2.22. The smallest absolute Gasteiger partial charge is 0.307 e. The lowest BCUT2D eigenvalue weighted by Gasteiger charge is -1.93. The Morgan fingerprint density at radius 1 is 2.00 bits per heavy atom. The average molecular weight is 142 g/mol. The molecule has 0 bridgehead atoms. The zero-order valence-electron chi connectivity index (χ0n) is 5.63. The van der Waals surface area contributed by atoms with Crippen molar-refractivity contribution in [3.63, 3.8) is 0 Å². The molecule has 1 heterocycles. The van der Waals surface area contributed by atoms with E-state index in [9.17, 15) is 4.79 Å². The molecule has 0 radical (unpaired) electrons. The van der Waals surface area contributed by atoms with Crippen LogP contribution in [0.2, 0.25) is 0 Å². The van der Waals surface area contributed by atoms with Gasteiger partial charge in [0.05, 0.1) is 6.20 Å². The number of oxazole rings is 1. The lowest BCUT2D eigenvalue weighted by atomic mass is 10.6. The van der Waals surface area contributed by atoms with Crippen LogP contribution in [-0.4, -0.2) is 17.4 Å². The van der Waals surface area contributed by atoms with E-state index in [0.717, 1.165) is 0 Å². The van der Waals surface area contributed by atoms with Gasteiger partial charge in [-0.15, -0.1) is 0 Å². The number of hydrogen-bond donors (Lipinski definition) is 1. The van der Waals surface area contributed by atoms with E-state index in [2.05, 4.69) is 10.3 Å². The van der Waals surface area contributed by atoms with Crippen molar-refractivity contribution in [3.8, 4) is 0 Å². The summed E-state index contributed by atoms with van der Waals surface area (Å²) >= 11 is 0. The number of nitrogens with one attached hydrogen (secondary N) is 1. The molecule has 0 saturated heterocycles. The molecule has 1 N–H and O–H groups in total. The van der Waals surface area contributed by atoms with Gasteiger partial charge in [0.15, 0.2) is 0 Å². The Morgan fingerprint density at radius 2 is 2.80 bits per heavy atom. The second kappa shape index (κ2) is 3.00. The fourth-order valence-corrected chi connectivity index (χ4v) is 0.572. The molecule has 0 saturated carbocycles. The third-order valence-corrected chi connectivity index (χ3v) is 0.964. The van der Waals surface area contributed by atoms with Crippen molar-refractivity contribution >= 4 is 5.91 Å². The normalized spacial score (nSPS) is 9.30. The van der Waals surface area contributed by atoms with Crippen molar-refractivity contribution in [2.24, 2.45) is 0 Å². The van der Waals surface area contributed by atoms with Crippen LogP contribution in [0.4, 0.5) is 0 Å². The van der Waals surface area contributed by atoms with E-state index in [1.807, 2.05) is 6.92 Å². The maximum Gasteiger partial charge on any atom is 0.307 e. The first-order valence-corrected chi connectivity index (χ1v) is 3.02. The Morgan fingerprint density at radius 3 is 3.30 bits per heavy atom. The van der Waals surface area contributed by atoms with E-state index in [4.69, 9.17) is 4.42 Å². The Hall–Kier alpha value is -1.32. The quantitative estimate of drug-likeness (QED) is 0.660. The number of carbonyl (C=O) groups excluding carboxylic acids is 1. The number of carbonyl (C=O) groups is 1. The number of aromatic nitrogens is 1. The first kappa shape index (κ1) is 6.80. The molecule has 10 heavy (non-hydrogen) atoms. The van der Waals surface area contributed by atoms with E-state index in [0.29, 0.717) is 6.54 Å². The fourth-order valence-electron chi connectivity index (χ4n) is 0.572. The molecule has 0 aliphatic heterocycles. The van der Waals surface area contributed by atoms with Crippen LogP contribution in [0, 0.1) is 0 Å². The SMILES string of the molecule is CCNC(=O)c1ncco1.[HH]. The molecule has 1 amide bonds. The van der Waals surface area contributed by atoms with Crippen molar-refractivity contribution < 1.29 is 10.6 Å². The van der Waals surface area contributed by atoms with Gasteiger partial charge in [-0.25, -0.2) is 4.98 Å². The standard InChI is InChI=1S/C6H8N2O2.H2/c1-2-7-5(9)6-8-3-4-10-6;/h3-4H,2H2,1H3,(H,7,9);1H. The van der Waals surface area contributed by atoms with Gasteiger partial charge in [-0.05, 0) is 6.92 Å². The third-order valence-electron chi connectivity index (χ3n) is 0.964. The van der Waals surface area contributed by atoms with Crippen LogP contribution in [-0.2, 0) is 0 Å². The number of hydrogen-bond acceptors (Lipinski definition) is 3. The van der Waals surface area contributed by atoms with Crippen LogP contribution in [0.3, 0.4) is 0 Å². The third kappa shape index (κ3) is 1.34. The molecule has 0 atom stereocenters. The van der Waals surface area contributed by atoms with E-state index in [-0.39, 0.29) is 13.2 Å². The number of amides is 1. The van der Waals surface area contributed by atoms with Crippen LogP contribution in [0.5, 0.6) is 0 Å². The van der Waals surface area contributed by atoms with Crippen LogP contribution in [0.15, 0.2) is 16.9 Å². The van der Waals surface area contributed by atoms with Crippen molar-refractivity contribution in [3.05, 3.63) is 18.4 Å². The zero-order valence-corrected chi connectivity index (χ0v) is 5.63. The molecule has 56 valence electrons. The van der Waals surface area contributed by atoms with Crippen LogP contribution >= 0.6 is 0 Å². The second-order valence-electron chi connectivity index (χ2n) is 1.70. The highest BCUT2D eigenvalue weighted by atomic mass is 16.3. The molecule has 4 heteroatoms. The predicted molar refractivity (Wildman–Crippen MR) is 36.6 cm³/mol.